The average Bonchev–Trinajstić information content (AvgIpc) is 3.39. The number of amides is 2. The fourth-order valence-electron chi connectivity index (χ4n) is 4.23. The number of rotatable bonds is 10. The van der Waals surface area contributed by atoms with Gasteiger partial charge in [0.1, 0.15) is 30.5 Å². The molecule has 2 heterocycles. The Hall–Kier alpha value is -3.43. The van der Waals surface area contributed by atoms with Crippen LogP contribution in [0.5, 0.6) is 11.5 Å². The summed E-state index contributed by atoms with van der Waals surface area (Å²) in [7, 11) is 3.10. The highest BCUT2D eigenvalue weighted by Crippen LogP contribution is 2.34. The Morgan fingerprint density at radius 1 is 1.11 bits per heavy atom. The quantitative estimate of drug-likeness (QED) is 0.408. The van der Waals surface area contributed by atoms with Crippen LogP contribution >= 0.6 is 11.3 Å². The Bertz CT molecular complexity index is 1180. The maximum atomic E-state index is 13.6. The monoisotopic (exact) mass is 512 g/mol. The third kappa shape index (κ3) is 6.03. The molecule has 0 fully saturated rings. The van der Waals surface area contributed by atoms with Gasteiger partial charge in [0, 0.05) is 30.6 Å². The molecule has 0 radical (unpaired) electrons. The second-order valence-electron chi connectivity index (χ2n) is 8.37. The van der Waals surface area contributed by atoms with Crippen molar-refractivity contribution in [3.63, 3.8) is 0 Å². The van der Waals surface area contributed by atoms with E-state index in [-0.39, 0.29) is 43.4 Å². The highest BCUT2D eigenvalue weighted by molar-refractivity contribution is 7.10. The van der Waals surface area contributed by atoms with Crippen LogP contribution in [0.4, 0.5) is 4.39 Å². The van der Waals surface area contributed by atoms with Crippen LogP contribution in [0, 0.1) is 5.82 Å². The van der Waals surface area contributed by atoms with Gasteiger partial charge in [-0.1, -0.05) is 6.07 Å². The fourth-order valence-corrected chi connectivity index (χ4v) is 5.16. The maximum absolute atomic E-state index is 13.6. The number of halogens is 1. The van der Waals surface area contributed by atoms with Gasteiger partial charge in [0.2, 0.25) is 5.91 Å². The molecule has 2 aromatic carbocycles. The summed E-state index contributed by atoms with van der Waals surface area (Å²) < 4.78 is 29.7. The highest BCUT2D eigenvalue weighted by atomic mass is 32.1. The van der Waals surface area contributed by atoms with Gasteiger partial charge >= 0.3 is 0 Å². The number of methoxy groups -OCH3 is 2. The maximum Gasteiger partial charge on any atom is 0.254 e. The number of carbonyl (C=O) groups excluding carboxylic acids is 2. The van der Waals surface area contributed by atoms with Crippen LogP contribution in [-0.2, 0) is 16.0 Å². The number of nitrogens with zero attached hydrogens (tertiary/aromatic N) is 2. The number of ether oxygens (including phenoxy) is 3. The first-order valence-corrected chi connectivity index (χ1v) is 12.5. The molecule has 36 heavy (non-hydrogen) atoms. The van der Waals surface area contributed by atoms with Crippen molar-refractivity contribution < 1.29 is 28.2 Å². The summed E-state index contributed by atoms with van der Waals surface area (Å²) >= 11 is 1.66. The molecule has 0 aliphatic carbocycles. The number of fused-ring (bicyclic) bond motifs is 1. The van der Waals surface area contributed by atoms with E-state index < -0.39 is 0 Å². The number of carbonyl (C=O) groups is 2. The Kier molecular flexibility index (Phi) is 8.56. The second-order valence-corrected chi connectivity index (χ2v) is 9.37. The van der Waals surface area contributed by atoms with E-state index in [4.69, 9.17) is 14.2 Å². The fraction of sp³-hybridized carbons (Fsp3) is 0.333. The summed E-state index contributed by atoms with van der Waals surface area (Å²) in [5, 5.41) is 2.01. The molecule has 2 amide bonds. The molecule has 190 valence electrons. The molecule has 7 nitrogen and oxygen atoms in total. The van der Waals surface area contributed by atoms with Crippen molar-refractivity contribution in [3.8, 4) is 11.5 Å². The SMILES string of the molecule is COCCN(CC(=O)N1CCc2sccc2[C@@H]1COc1ccc(F)cc1)C(=O)c1cccc(OC)c1. The Labute approximate surface area is 214 Å². The van der Waals surface area contributed by atoms with Gasteiger partial charge in [-0.15, -0.1) is 11.3 Å². The Balaban J connectivity index is 1.52. The lowest BCUT2D eigenvalue weighted by molar-refractivity contribution is -0.135. The van der Waals surface area contributed by atoms with E-state index in [9.17, 15) is 14.0 Å². The predicted molar refractivity (Wildman–Crippen MR) is 135 cm³/mol. The van der Waals surface area contributed by atoms with Gasteiger partial charge in [-0.3, -0.25) is 9.59 Å². The first-order chi connectivity index (χ1) is 17.5. The molecule has 0 bridgehead atoms. The molecule has 0 saturated heterocycles. The molecule has 9 heteroatoms. The van der Waals surface area contributed by atoms with Crippen LogP contribution in [-0.4, -0.2) is 68.7 Å². The third-order valence-electron chi connectivity index (χ3n) is 6.13. The molecule has 0 N–H and O–H groups in total. The zero-order chi connectivity index (χ0) is 25.5. The molecular weight excluding hydrogens is 483 g/mol. The smallest absolute Gasteiger partial charge is 0.254 e. The van der Waals surface area contributed by atoms with Gasteiger partial charge < -0.3 is 24.0 Å². The average molecular weight is 513 g/mol. The van der Waals surface area contributed by atoms with Crippen molar-refractivity contribution in [1.82, 2.24) is 9.80 Å². The van der Waals surface area contributed by atoms with Gasteiger partial charge in [-0.2, -0.15) is 0 Å². The minimum Gasteiger partial charge on any atom is -0.497 e. The zero-order valence-corrected chi connectivity index (χ0v) is 21.1. The van der Waals surface area contributed by atoms with E-state index >= 15 is 0 Å². The van der Waals surface area contributed by atoms with Gasteiger partial charge in [-0.05, 0) is 65.9 Å². The largest absolute Gasteiger partial charge is 0.497 e. The number of thiophene rings is 1. The van der Waals surface area contributed by atoms with Crippen molar-refractivity contribution in [3.05, 3.63) is 81.8 Å². The van der Waals surface area contributed by atoms with E-state index in [2.05, 4.69) is 0 Å². The van der Waals surface area contributed by atoms with Crippen molar-refractivity contribution in [2.75, 3.05) is 47.1 Å². The Morgan fingerprint density at radius 2 is 1.92 bits per heavy atom. The van der Waals surface area contributed by atoms with Crippen LogP contribution in [0.15, 0.2) is 60.0 Å². The van der Waals surface area contributed by atoms with E-state index in [0.29, 0.717) is 30.2 Å². The molecule has 1 aromatic heterocycles. The van der Waals surface area contributed by atoms with Crippen LogP contribution < -0.4 is 9.47 Å². The van der Waals surface area contributed by atoms with E-state index in [1.54, 1.807) is 66.9 Å². The summed E-state index contributed by atoms with van der Waals surface area (Å²) in [6, 6.07) is 14.4. The molecule has 0 saturated carbocycles. The molecule has 3 aromatic rings. The predicted octanol–water partition coefficient (Wildman–Crippen LogP) is 4.19. The summed E-state index contributed by atoms with van der Waals surface area (Å²) in [4.78, 5) is 31.4. The van der Waals surface area contributed by atoms with Gasteiger partial charge in [0.25, 0.3) is 5.91 Å². The minimum atomic E-state index is -0.339. The van der Waals surface area contributed by atoms with Crippen molar-refractivity contribution in [2.24, 2.45) is 0 Å². The lowest BCUT2D eigenvalue weighted by Crippen LogP contribution is -2.48. The number of benzene rings is 2. The lowest BCUT2D eigenvalue weighted by atomic mass is 10.0. The third-order valence-corrected chi connectivity index (χ3v) is 7.13. The van der Waals surface area contributed by atoms with Gasteiger partial charge in [0.05, 0.1) is 19.8 Å². The first-order valence-electron chi connectivity index (χ1n) is 11.7. The van der Waals surface area contributed by atoms with E-state index in [1.807, 2.05) is 11.4 Å². The number of hydrogen-bond acceptors (Lipinski definition) is 6. The Morgan fingerprint density at radius 3 is 2.67 bits per heavy atom. The molecule has 1 aliphatic heterocycles. The summed E-state index contributed by atoms with van der Waals surface area (Å²) in [6.45, 7) is 1.23. The van der Waals surface area contributed by atoms with Crippen LogP contribution in [0.2, 0.25) is 0 Å². The molecule has 1 aliphatic rings. The number of hydrogen-bond donors (Lipinski definition) is 0. The first kappa shape index (κ1) is 25.7. The van der Waals surface area contributed by atoms with Crippen molar-refractivity contribution in [1.29, 1.82) is 0 Å². The topological polar surface area (TPSA) is 68.3 Å². The summed E-state index contributed by atoms with van der Waals surface area (Å²) in [6.07, 6.45) is 0.744. The van der Waals surface area contributed by atoms with Crippen molar-refractivity contribution in [2.45, 2.75) is 12.5 Å². The molecule has 0 unspecified atom stereocenters. The van der Waals surface area contributed by atoms with E-state index in [0.717, 1.165) is 12.0 Å². The molecular formula is C27H29FN2O5S. The van der Waals surface area contributed by atoms with Gasteiger partial charge in [0.15, 0.2) is 0 Å². The lowest BCUT2D eigenvalue weighted by Gasteiger charge is -2.37. The normalized spacial score (nSPS) is 14.8. The van der Waals surface area contributed by atoms with Crippen LogP contribution in [0.25, 0.3) is 0 Å². The van der Waals surface area contributed by atoms with Crippen LogP contribution in [0.1, 0.15) is 26.8 Å². The summed E-state index contributed by atoms with van der Waals surface area (Å²) in [5.74, 6) is 0.311. The molecule has 1 atom stereocenters. The summed E-state index contributed by atoms with van der Waals surface area (Å²) in [5.41, 5.74) is 1.48. The van der Waals surface area contributed by atoms with Crippen molar-refractivity contribution >= 4 is 23.2 Å². The second kappa shape index (κ2) is 12.0. The zero-order valence-electron chi connectivity index (χ0n) is 20.3. The molecule has 0 spiro atoms. The van der Waals surface area contributed by atoms with Gasteiger partial charge in [-0.25, -0.2) is 4.39 Å². The van der Waals surface area contributed by atoms with Crippen LogP contribution in [0.3, 0.4) is 0 Å². The highest BCUT2D eigenvalue weighted by Gasteiger charge is 2.33. The standard InChI is InChI=1S/C27H29FN2O5S/c1-33-14-13-29(27(32)19-4-3-5-22(16-19)34-2)17-26(31)30-12-10-25-23(11-15-36-25)24(30)18-35-21-8-6-20(28)7-9-21/h3-9,11,15-16,24H,10,12-14,17-18H2,1-2H3/t24-/m0/s1. The molecule has 4 rings (SSSR count). The van der Waals surface area contributed by atoms with E-state index in [1.165, 1.54) is 21.9 Å². The minimum absolute atomic E-state index is 0.0913.